The van der Waals surface area contributed by atoms with Crippen molar-refractivity contribution in [2.24, 2.45) is 0 Å². The summed E-state index contributed by atoms with van der Waals surface area (Å²) in [6.07, 6.45) is 0.438. The van der Waals surface area contributed by atoms with Crippen LogP contribution in [0.15, 0.2) is 39.3 Å². The first-order valence-corrected chi connectivity index (χ1v) is 8.88. The van der Waals surface area contributed by atoms with Gasteiger partial charge in [0, 0.05) is 17.6 Å². The van der Waals surface area contributed by atoms with E-state index in [2.05, 4.69) is 0 Å². The molecule has 6 heteroatoms. The SMILES string of the molecule is Cc1cccc(S(=O)(=O)CCCn2c(C)csc2=O)c1. The first kappa shape index (κ1) is 15.0. The smallest absolute Gasteiger partial charge is 0.303 e. The molecule has 0 aliphatic rings. The van der Waals surface area contributed by atoms with Gasteiger partial charge in [-0.25, -0.2) is 8.42 Å². The number of rotatable bonds is 5. The maximum Gasteiger partial charge on any atom is 0.307 e. The standard InChI is InChI=1S/C14H17NO3S2/c1-11-5-3-6-13(9-11)20(17,18)8-4-7-15-12(2)10-19-14(15)16/h3,5-6,9-10H,4,7-8H2,1-2H3. The molecule has 0 radical (unpaired) electrons. The van der Waals surface area contributed by atoms with E-state index in [0.29, 0.717) is 17.9 Å². The zero-order valence-electron chi connectivity index (χ0n) is 11.5. The molecule has 2 aromatic rings. The molecule has 108 valence electrons. The van der Waals surface area contributed by atoms with Gasteiger partial charge in [0.2, 0.25) is 0 Å². The molecule has 0 amide bonds. The summed E-state index contributed by atoms with van der Waals surface area (Å²) < 4.78 is 26.0. The topological polar surface area (TPSA) is 56.1 Å². The largest absolute Gasteiger partial charge is 0.307 e. The van der Waals surface area contributed by atoms with E-state index < -0.39 is 9.84 Å². The van der Waals surface area contributed by atoms with Crippen molar-refractivity contribution in [3.8, 4) is 0 Å². The van der Waals surface area contributed by atoms with Gasteiger partial charge in [0.15, 0.2) is 9.84 Å². The number of nitrogens with zero attached hydrogens (tertiary/aromatic N) is 1. The molecule has 0 saturated carbocycles. The van der Waals surface area contributed by atoms with Crippen molar-refractivity contribution in [2.45, 2.75) is 31.7 Å². The molecule has 0 N–H and O–H groups in total. The Kier molecular flexibility index (Phi) is 4.45. The minimum atomic E-state index is -3.27. The second-order valence-electron chi connectivity index (χ2n) is 4.78. The molecule has 0 unspecified atom stereocenters. The quantitative estimate of drug-likeness (QED) is 0.852. The van der Waals surface area contributed by atoms with Crippen LogP contribution in [0.5, 0.6) is 0 Å². The van der Waals surface area contributed by atoms with Gasteiger partial charge in [0.1, 0.15) is 0 Å². The molecule has 0 spiro atoms. The van der Waals surface area contributed by atoms with E-state index in [1.165, 1.54) is 0 Å². The van der Waals surface area contributed by atoms with Crippen molar-refractivity contribution >= 4 is 21.2 Å². The fourth-order valence-electron chi connectivity index (χ4n) is 2.01. The Morgan fingerprint density at radius 2 is 2.00 bits per heavy atom. The van der Waals surface area contributed by atoms with Crippen molar-refractivity contribution in [2.75, 3.05) is 5.75 Å². The molecule has 0 bridgehead atoms. The normalized spacial score (nSPS) is 11.7. The van der Waals surface area contributed by atoms with Crippen molar-refractivity contribution in [1.82, 2.24) is 4.57 Å². The van der Waals surface area contributed by atoms with Gasteiger partial charge in [0.05, 0.1) is 10.6 Å². The summed E-state index contributed by atoms with van der Waals surface area (Å²) >= 11 is 1.15. The zero-order valence-corrected chi connectivity index (χ0v) is 13.1. The van der Waals surface area contributed by atoms with Crippen molar-refractivity contribution < 1.29 is 8.42 Å². The number of hydrogen-bond donors (Lipinski definition) is 0. The third kappa shape index (κ3) is 3.37. The van der Waals surface area contributed by atoms with Crippen LogP contribution in [0.25, 0.3) is 0 Å². The first-order chi connectivity index (χ1) is 9.40. The Hall–Kier alpha value is -1.40. The van der Waals surface area contributed by atoms with Gasteiger partial charge < -0.3 is 4.57 Å². The van der Waals surface area contributed by atoms with E-state index in [1.54, 1.807) is 28.1 Å². The molecule has 1 aromatic carbocycles. The number of sulfone groups is 1. The summed E-state index contributed by atoms with van der Waals surface area (Å²) in [4.78, 5) is 11.9. The Labute approximate surface area is 122 Å². The summed E-state index contributed by atoms with van der Waals surface area (Å²) in [6, 6.07) is 6.91. The zero-order chi connectivity index (χ0) is 14.8. The molecule has 0 saturated heterocycles. The first-order valence-electron chi connectivity index (χ1n) is 6.34. The summed E-state index contributed by atoms with van der Waals surface area (Å²) in [6.45, 7) is 4.17. The molecule has 0 aliphatic heterocycles. The highest BCUT2D eigenvalue weighted by molar-refractivity contribution is 7.91. The number of aryl methyl sites for hydroxylation is 2. The Balaban J connectivity index is 2.05. The third-order valence-corrected chi connectivity index (χ3v) is 5.80. The van der Waals surface area contributed by atoms with Gasteiger partial charge in [-0.3, -0.25) is 4.79 Å². The van der Waals surface area contributed by atoms with E-state index >= 15 is 0 Å². The summed E-state index contributed by atoms with van der Waals surface area (Å²) in [5.41, 5.74) is 1.81. The van der Waals surface area contributed by atoms with Crippen LogP contribution in [0.3, 0.4) is 0 Å². The highest BCUT2D eigenvalue weighted by Gasteiger charge is 2.14. The Morgan fingerprint density at radius 3 is 2.60 bits per heavy atom. The van der Waals surface area contributed by atoms with Crippen LogP contribution in [-0.4, -0.2) is 18.7 Å². The lowest BCUT2D eigenvalue weighted by Crippen LogP contribution is -2.17. The molecule has 0 fully saturated rings. The van der Waals surface area contributed by atoms with E-state index in [1.807, 2.05) is 19.9 Å². The highest BCUT2D eigenvalue weighted by Crippen LogP contribution is 2.14. The highest BCUT2D eigenvalue weighted by atomic mass is 32.2. The van der Waals surface area contributed by atoms with Gasteiger partial charge in [-0.15, -0.1) is 0 Å². The van der Waals surface area contributed by atoms with E-state index in [-0.39, 0.29) is 10.6 Å². The van der Waals surface area contributed by atoms with Crippen molar-refractivity contribution in [3.63, 3.8) is 0 Å². The Bertz CT molecular complexity index is 757. The number of thiazole rings is 1. The minimum Gasteiger partial charge on any atom is -0.303 e. The second kappa shape index (κ2) is 5.93. The van der Waals surface area contributed by atoms with Crippen LogP contribution < -0.4 is 4.87 Å². The maximum atomic E-state index is 12.2. The van der Waals surface area contributed by atoms with Crippen molar-refractivity contribution in [1.29, 1.82) is 0 Å². The summed E-state index contributed by atoms with van der Waals surface area (Å²) in [7, 11) is -3.27. The minimum absolute atomic E-state index is 0.0320. The molecule has 1 heterocycles. The molecule has 0 atom stereocenters. The maximum absolute atomic E-state index is 12.2. The lowest BCUT2D eigenvalue weighted by atomic mass is 10.2. The van der Waals surface area contributed by atoms with Gasteiger partial charge in [-0.1, -0.05) is 23.5 Å². The number of benzene rings is 1. The fraction of sp³-hybridized carbons (Fsp3) is 0.357. The van der Waals surface area contributed by atoms with Crippen LogP contribution in [0.4, 0.5) is 0 Å². The molecule has 1 aromatic heterocycles. The second-order valence-corrected chi connectivity index (χ2v) is 7.71. The monoisotopic (exact) mass is 311 g/mol. The molecule has 4 nitrogen and oxygen atoms in total. The van der Waals surface area contributed by atoms with Gasteiger partial charge in [-0.2, -0.15) is 0 Å². The molecule has 2 rings (SSSR count). The predicted molar refractivity (Wildman–Crippen MR) is 81.2 cm³/mol. The Morgan fingerprint density at radius 1 is 1.25 bits per heavy atom. The van der Waals surface area contributed by atoms with E-state index in [9.17, 15) is 13.2 Å². The van der Waals surface area contributed by atoms with Gasteiger partial charge >= 0.3 is 4.87 Å². The van der Waals surface area contributed by atoms with Gasteiger partial charge in [0.25, 0.3) is 0 Å². The lowest BCUT2D eigenvalue weighted by molar-refractivity contribution is 0.583. The van der Waals surface area contributed by atoms with Gasteiger partial charge in [-0.05, 0) is 38.0 Å². The average molecular weight is 311 g/mol. The molecule has 0 aliphatic carbocycles. The van der Waals surface area contributed by atoms with Crippen LogP contribution >= 0.6 is 11.3 Å². The average Bonchev–Trinajstić information content (AvgIpc) is 2.70. The van der Waals surface area contributed by atoms with Crippen LogP contribution in [-0.2, 0) is 16.4 Å². The predicted octanol–water partition coefficient (Wildman–Crippen LogP) is 2.39. The molecular formula is C14H17NO3S2. The van der Waals surface area contributed by atoms with E-state index in [4.69, 9.17) is 0 Å². The molecule has 20 heavy (non-hydrogen) atoms. The summed E-state index contributed by atoms with van der Waals surface area (Å²) in [5, 5.41) is 1.79. The lowest BCUT2D eigenvalue weighted by Gasteiger charge is -2.07. The van der Waals surface area contributed by atoms with Crippen LogP contribution in [0.1, 0.15) is 17.7 Å². The van der Waals surface area contributed by atoms with Crippen molar-refractivity contribution in [3.05, 3.63) is 50.6 Å². The van der Waals surface area contributed by atoms with Crippen LogP contribution in [0.2, 0.25) is 0 Å². The van der Waals surface area contributed by atoms with Crippen LogP contribution in [0, 0.1) is 13.8 Å². The number of aromatic nitrogens is 1. The number of hydrogen-bond acceptors (Lipinski definition) is 4. The fourth-order valence-corrected chi connectivity index (χ4v) is 4.17. The molecular weight excluding hydrogens is 294 g/mol. The van der Waals surface area contributed by atoms with E-state index in [0.717, 1.165) is 22.6 Å². The summed E-state index contributed by atoms with van der Waals surface area (Å²) in [5.74, 6) is 0.0537. The third-order valence-electron chi connectivity index (χ3n) is 3.12.